The van der Waals surface area contributed by atoms with E-state index in [0.29, 0.717) is 30.0 Å². The molecule has 3 rings (SSSR count). The number of carbonyl (C=O) groups is 2. The van der Waals surface area contributed by atoms with E-state index in [9.17, 15) is 14.7 Å². The monoisotopic (exact) mass is 451 g/mol. The van der Waals surface area contributed by atoms with Gasteiger partial charge in [0.25, 0.3) is 11.7 Å². The predicted molar refractivity (Wildman–Crippen MR) is 129 cm³/mol. The van der Waals surface area contributed by atoms with Crippen LogP contribution in [0.2, 0.25) is 0 Å². The van der Waals surface area contributed by atoms with Crippen LogP contribution in [-0.2, 0) is 9.59 Å². The van der Waals surface area contributed by atoms with Crippen molar-refractivity contribution in [1.29, 1.82) is 0 Å². The summed E-state index contributed by atoms with van der Waals surface area (Å²) in [6.45, 7) is 10.3. The molecule has 6 nitrogen and oxygen atoms in total. The Labute approximate surface area is 195 Å². The molecule has 33 heavy (non-hydrogen) atoms. The summed E-state index contributed by atoms with van der Waals surface area (Å²) >= 11 is 0. The molecule has 0 saturated carbocycles. The van der Waals surface area contributed by atoms with Crippen LogP contribution in [0.3, 0.4) is 0 Å². The first-order valence-corrected chi connectivity index (χ1v) is 11.4. The minimum Gasteiger partial charge on any atom is -0.507 e. The Hall–Kier alpha value is -3.28. The van der Waals surface area contributed by atoms with E-state index < -0.39 is 17.7 Å². The van der Waals surface area contributed by atoms with Crippen LogP contribution in [0.4, 0.5) is 0 Å². The SMILES string of the molecule is CCCN1C(=O)C(=O)/C(=C(\O)c2ccc(OC)c(C(C)C)c2)C1c1ccc(OC(C)C)cc1. The van der Waals surface area contributed by atoms with Crippen molar-refractivity contribution in [2.45, 2.75) is 59.1 Å². The Balaban J connectivity index is 2.14. The maximum atomic E-state index is 13.1. The zero-order valence-electron chi connectivity index (χ0n) is 20.2. The van der Waals surface area contributed by atoms with Gasteiger partial charge in [-0.25, -0.2) is 0 Å². The Bertz CT molecular complexity index is 1050. The molecule has 2 aromatic carbocycles. The fourth-order valence-corrected chi connectivity index (χ4v) is 4.19. The first-order valence-electron chi connectivity index (χ1n) is 11.4. The van der Waals surface area contributed by atoms with Gasteiger partial charge in [-0.1, -0.05) is 32.9 Å². The fourth-order valence-electron chi connectivity index (χ4n) is 4.19. The number of rotatable bonds is 8. The van der Waals surface area contributed by atoms with Gasteiger partial charge < -0.3 is 19.5 Å². The van der Waals surface area contributed by atoms with Crippen molar-refractivity contribution in [2.24, 2.45) is 0 Å². The van der Waals surface area contributed by atoms with Crippen molar-refractivity contribution in [1.82, 2.24) is 4.90 Å². The van der Waals surface area contributed by atoms with Gasteiger partial charge in [0, 0.05) is 12.1 Å². The van der Waals surface area contributed by atoms with E-state index in [1.807, 2.05) is 65.0 Å². The number of nitrogens with zero attached hydrogens (tertiary/aromatic N) is 1. The third kappa shape index (κ3) is 4.90. The van der Waals surface area contributed by atoms with Crippen LogP contribution in [-0.4, -0.2) is 41.5 Å². The number of ketones is 1. The molecule has 1 atom stereocenters. The highest BCUT2D eigenvalue weighted by Crippen LogP contribution is 2.40. The van der Waals surface area contributed by atoms with Crippen LogP contribution < -0.4 is 9.47 Å². The number of aliphatic hydroxyl groups is 1. The number of likely N-dealkylation sites (tertiary alicyclic amines) is 1. The summed E-state index contributed by atoms with van der Waals surface area (Å²) in [6.07, 6.45) is 0.727. The summed E-state index contributed by atoms with van der Waals surface area (Å²) in [6, 6.07) is 12.0. The Kier molecular flexibility index (Phi) is 7.46. The highest BCUT2D eigenvalue weighted by Gasteiger charge is 2.45. The van der Waals surface area contributed by atoms with Crippen molar-refractivity contribution in [3.05, 3.63) is 64.7 Å². The molecular formula is C27H33NO5. The lowest BCUT2D eigenvalue weighted by Crippen LogP contribution is -2.30. The molecule has 1 amide bonds. The van der Waals surface area contributed by atoms with Gasteiger partial charge in [0.15, 0.2) is 0 Å². The van der Waals surface area contributed by atoms with E-state index in [1.54, 1.807) is 24.1 Å². The molecule has 1 aliphatic rings. The molecule has 1 heterocycles. The Morgan fingerprint density at radius 3 is 2.27 bits per heavy atom. The summed E-state index contributed by atoms with van der Waals surface area (Å²) in [5.41, 5.74) is 2.25. The molecule has 1 N–H and O–H groups in total. The molecule has 176 valence electrons. The van der Waals surface area contributed by atoms with Crippen LogP contribution in [0.1, 0.15) is 69.7 Å². The minimum atomic E-state index is -0.671. The Morgan fingerprint density at radius 2 is 1.73 bits per heavy atom. The first-order chi connectivity index (χ1) is 15.7. The van der Waals surface area contributed by atoms with Crippen molar-refractivity contribution in [3.8, 4) is 11.5 Å². The topological polar surface area (TPSA) is 76.1 Å². The molecule has 0 radical (unpaired) electrons. The maximum absolute atomic E-state index is 13.1. The zero-order chi connectivity index (χ0) is 24.3. The third-order valence-electron chi connectivity index (χ3n) is 5.70. The first kappa shape index (κ1) is 24.4. The molecule has 1 saturated heterocycles. The molecule has 0 bridgehead atoms. The number of carbonyl (C=O) groups excluding carboxylic acids is 2. The quantitative estimate of drug-likeness (QED) is 0.329. The molecule has 1 aliphatic heterocycles. The van der Waals surface area contributed by atoms with Gasteiger partial charge in [-0.3, -0.25) is 9.59 Å². The summed E-state index contributed by atoms with van der Waals surface area (Å²) < 4.78 is 11.2. The lowest BCUT2D eigenvalue weighted by molar-refractivity contribution is -0.139. The smallest absolute Gasteiger partial charge is 0.295 e. The Morgan fingerprint density at radius 1 is 1.06 bits per heavy atom. The van der Waals surface area contributed by atoms with Crippen molar-refractivity contribution in [3.63, 3.8) is 0 Å². The van der Waals surface area contributed by atoms with Crippen LogP contribution in [0, 0.1) is 0 Å². The van der Waals surface area contributed by atoms with E-state index in [4.69, 9.17) is 9.47 Å². The van der Waals surface area contributed by atoms with Crippen LogP contribution in [0.15, 0.2) is 48.0 Å². The average molecular weight is 452 g/mol. The number of ether oxygens (including phenoxy) is 2. The van der Waals surface area contributed by atoms with Crippen molar-refractivity contribution < 1.29 is 24.2 Å². The average Bonchev–Trinajstić information content (AvgIpc) is 3.03. The second kappa shape index (κ2) is 10.1. The minimum absolute atomic E-state index is 0.0341. The molecule has 0 aliphatic carbocycles. The molecule has 2 aromatic rings. The lowest BCUT2D eigenvalue weighted by atomic mass is 9.93. The lowest BCUT2D eigenvalue weighted by Gasteiger charge is -2.25. The largest absolute Gasteiger partial charge is 0.507 e. The molecule has 1 fully saturated rings. The fraction of sp³-hybridized carbons (Fsp3) is 0.407. The van der Waals surface area contributed by atoms with Crippen LogP contribution in [0.25, 0.3) is 5.76 Å². The van der Waals surface area contributed by atoms with Gasteiger partial charge in [-0.2, -0.15) is 0 Å². The number of hydrogen-bond acceptors (Lipinski definition) is 5. The van der Waals surface area contributed by atoms with Gasteiger partial charge in [0.2, 0.25) is 0 Å². The molecule has 6 heteroatoms. The molecule has 0 spiro atoms. The van der Waals surface area contributed by atoms with Crippen molar-refractivity contribution >= 4 is 17.4 Å². The predicted octanol–water partition coefficient (Wildman–Crippen LogP) is 5.44. The number of hydrogen-bond donors (Lipinski definition) is 1. The van der Waals surface area contributed by atoms with Gasteiger partial charge in [0.05, 0.1) is 24.8 Å². The summed E-state index contributed by atoms with van der Waals surface area (Å²) in [5.74, 6) is 0.130. The summed E-state index contributed by atoms with van der Waals surface area (Å²) in [4.78, 5) is 27.5. The van der Waals surface area contributed by atoms with Gasteiger partial charge >= 0.3 is 0 Å². The van der Waals surface area contributed by atoms with Gasteiger partial charge in [-0.05, 0) is 67.6 Å². The van der Waals surface area contributed by atoms with E-state index in [-0.39, 0.29) is 23.4 Å². The number of Topliss-reactive ketones (excluding diaryl/α,β-unsaturated/α-hetero) is 1. The number of benzene rings is 2. The number of methoxy groups -OCH3 is 1. The summed E-state index contributed by atoms with van der Waals surface area (Å²) in [7, 11) is 1.60. The second-order valence-corrected chi connectivity index (χ2v) is 8.84. The molecule has 1 unspecified atom stereocenters. The van der Waals surface area contributed by atoms with E-state index in [0.717, 1.165) is 11.1 Å². The van der Waals surface area contributed by atoms with Crippen LogP contribution in [0.5, 0.6) is 11.5 Å². The van der Waals surface area contributed by atoms with E-state index >= 15 is 0 Å². The third-order valence-corrected chi connectivity index (χ3v) is 5.70. The van der Waals surface area contributed by atoms with Crippen molar-refractivity contribution in [2.75, 3.05) is 13.7 Å². The standard InChI is InChI=1S/C27H33NO5/c1-7-14-28-24(18-8-11-20(12-9-18)33-17(4)5)23(26(30)27(28)31)25(29)19-10-13-22(32-6)21(15-19)16(2)3/h8-13,15-17,24,29H,7,14H2,1-6H3/b25-23-. The molecule has 0 aromatic heterocycles. The van der Waals surface area contributed by atoms with E-state index in [1.165, 1.54) is 0 Å². The molecular weight excluding hydrogens is 418 g/mol. The normalized spacial score (nSPS) is 17.8. The zero-order valence-corrected chi connectivity index (χ0v) is 20.2. The second-order valence-electron chi connectivity index (χ2n) is 8.84. The van der Waals surface area contributed by atoms with E-state index in [2.05, 4.69) is 0 Å². The van der Waals surface area contributed by atoms with Crippen LogP contribution >= 0.6 is 0 Å². The number of aliphatic hydroxyl groups excluding tert-OH is 1. The van der Waals surface area contributed by atoms with Gasteiger partial charge in [-0.15, -0.1) is 0 Å². The highest BCUT2D eigenvalue weighted by molar-refractivity contribution is 6.46. The number of amides is 1. The van der Waals surface area contributed by atoms with Gasteiger partial charge in [0.1, 0.15) is 17.3 Å². The summed E-state index contributed by atoms with van der Waals surface area (Å²) in [5, 5.41) is 11.3. The highest BCUT2D eigenvalue weighted by atomic mass is 16.5. The maximum Gasteiger partial charge on any atom is 0.295 e.